The molecule has 0 aliphatic rings. The van der Waals surface area contributed by atoms with Crippen LogP contribution in [0.5, 0.6) is 0 Å². The summed E-state index contributed by atoms with van der Waals surface area (Å²) in [5.74, 6) is -2.99. The number of halogens is 2. The Labute approximate surface area is 195 Å². The maximum atomic E-state index is 12.6. The average Bonchev–Trinajstić information content (AvgIpc) is 2.72. The summed E-state index contributed by atoms with van der Waals surface area (Å²) in [6, 6.07) is 15.7. The molecule has 0 fully saturated rings. The van der Waals surface area contributed by atoms with Crippen LogP contribution in [-0.4, -0.2) is 22.9 Å². The summed E-state index contributed by atoms with van der Waals surface area (Å²) >= 11 is 12.8. The molecule has 164 valence electrons. The number of amides is 2. The zero-order chi connectivity index (χ0) is 23.4. The van der Waals surface area contributed by atoms with E-state index >= 15 is 0 Å². The molecule has 0 radical (unpaired) electrons. The molecule has 0 saturated heterocycles. The van der Waals surface area contributed by atoms with Gasteiger partial charge in [-0.3, -0.25) is 9.59 Å². The third kappa shape index (κ3) is 5.46. The van der Waals surface area contributed by atoms with Crippen LogP contribution in [0.25, 0.3) is 0 Å². The van der Waals surface area contributed by atoms with E-state index in [1.54, 1.807) is 0 Å². The van der Waals surface area contributed by atoms with E-state index in [4.69, 9.17) is 28.3 Å². The number of carboxylic acids is 1. The number of carboxylic acid groups (broad SMARTS) is 1. The Bertz CT molecular complexity index is 1160. The van der Waals surface area contributed by atoms with Crippen LogP contribution < -0.4 is 10.6 Å². The van der Waals surface area contributed by atoms with Gasteiger partial charge in [-0.1, -0.05) is 41.4 Å². The van der Waals surface area contributed by atoms with Crippen molar-refractivity contribution >= 4 is 52.4 Å². The Hall–Kier alpha value is -3.35. The summed E-state index contributed by atoms with van der Waals surface area (Å²) < 4.78 is 0. The summed E-state index contributed by atoms with van der Waals surface area (Å²) in [6.45, 7) is 3.82. The van der Waals surface area contributed by atoms with Crippen LogP contribution in [0, 0.1) is 13.8 Å². The molecular weight excluding hydrogens is 451 g/mol. The van der Waals surface area contributed by atoms with Crippen molar-refractivity contribution in [3.63, 3.8) is 0 Å². The third-order valence-corrected chi connectivity index (χ3v) is 5.61. The number of anilines is 2. The fraction of sp³-hybridized carbons (Fsp3) is 0.125. The van der Waals surface area contributed by atoms with Crippen LogP contribution in [0.3, 0.4) is 0 Å². The lowest BCUT2D eigenvalue weighted by atomic mass is 9.93. The fourth-order valence-electron chi connectivity index (χ4n) is 3.33. The first-order valence-electron chi connectivity index (χ1n) is 9.64. The van der Waals surface area contributed by atoms with Gasteiger partial charge in [0.25, 0.3) is 5.91 Å². The molecule has 3 rings (SSSR count). The molecule has 0 heterocycles. The molecule has 8 heteroatoms. The van der Waals surface area contributed by atoms with Crippen LogP contribution >= 0.6 is 23.2 Å². The standard InChI is InChI=1S/C24H20Cl2N2O4/c1-13-8-15(22(29)27-16-6-4-3-5-7-16)9-14(2)18(13)12-19-20(25)10-17(11-21(19)26)28-23(30)24(31)32/h3-11H,12H2,1-2H3,(H,27,29)(H,28,30)(H,31,32). The number of rotatable bonds is 5. The number of hydrogen-bond acceptors (Lipinski definition) is 3. The van der Waals surface area contributed by atoms with E-state index in [9.17, 15) is 14.4 Å². The number of carbonyl (C=O) groups excluding carboxylic acids is 2. The fourth-order valence-corrected chi connectivity index (χ4v) is 3.95. The largest absolute Gasteiger partial charge is 0.474 e. The Morgan fingerprint density at radius 2 is 1.38 bits per heavy atom. The minimum Gasteiger partial charge on any atom is -0.474 e. The van der Waals surface area contributed by atoms with Gasteiger partial charge in [0.05, 0.1) is 0 Å². The van der Waals surface area contributed by atoms with Crippen LogP contribution in [0.4, 0.5) is 11.4 Å². The van der Waals surface area contributed by atoms with Crippen molar-refractivity contribution in [1.82, 2.24) is 0 Å². The molecule has 0 aliphatic carbocycles. The second kappa shape index (κ2) is 9.85. The molecule has 0 bridgehead atoms. The second-order valence-corrected chi connectivity index (χ2v) is 8.08. The van der Waals surface area contributed by atoms with Crippen molar-refractivity contribution < 1.29 is 19.5 Å². The van der Waals surface area contributed by atoms with Gasteiger partial charge in [0.1, 0.15) is 0 Å². The maximum Gasteiger partial charge on any atom is 0.394 e. The van der Waals surface area contributed by atoms with E-state index in [-0.39, 0.29) is 11.6 Å². The normalized spacial score (nSPS) is 10.5. The lowest BCUT2D eigenvalue weighted by Gasteiger charge is -2.16. The van der Waals surface area contributed by atoms with Crippen molar-refractivity contribution in [2.75, 3.05) is 10.6 Å². The highest BCUT2D eigenvalue weighted by molar-refractivity contribution is 6.38. The van der Waals surface area contributed by atoms with Crippen LogP contribution in [0.2, 0.25) is 10.0 Å². The van der Waals surface area contributed by atoms with Crippen molar-refractivity contribution in [1.29, 1.82) is 0 Å². The quantitative estimate of drug-likeness (QED) is 0.430. The summed E-state index contributed by atoms with van der Waals surface area (Å²) in [7, 11) is 0. The van der Waals surface area contributed by atoms with Crippen molar-refractivity contribution in [2.24, 2.45) is 0 Å². The van der Waals surface area contributed by atoms with Gasteiger partial charge in [-0.25, -0.2) is 4.79 Å². The van der Waals surface area contributed by atoms with Crippen molar-refractivity contribution in [3.05, 3.63) is 92.5 Å². The summed E-state index contributed by atoms with van der Waals surface area (Å²) in [5.41, 5.74) is 4.85. The number of nitrogens with one attached hydrogen (secondary N) is 2. The summed E-state index contributed by atoms with van der Waals surface area (Å²) in [6.07, 6.45) is 0.406. The van der Waals surface area contributed by atoms with E-state index < -0.39 is 11.9 Å². The summed E-state index contributed by atoms with van der Waals surface area (Å²) in [4.78, 5) is 34.7. The number of benzene rings is 3. The SMILES string of the molecule is Cc1cc(C(=O)Nc2ccccc2)cc(C)c1Cc1c(Cl)cc(NC(=O)C(=O)O)cc1Cl. The Morgan fingerprint density at radius 3 is 1.91 bits per heavy atom. The van der Waals surface area contributed by atoms with Gasteiger partial charge in [0.2, 0.25) is 0 Å². The molecule has 0 unspecified atom stereocenters. The van der Waals surface area contributed by atoms with E-state index in [0.29, 0.717) is 33.3 Å². The molecule has 0 saturated carbocycles. The van der Waals surface area contributed by atoms with Gasteiger partial charge < -0.3 is 15.7 Å². The number of para-hydroxylation sites is 1. The van der Waals surface area contributed by atoms with Gasteiger partial charge in [-0.05, 0) is 72.5 Å². The first-order valence-corrected chi connectivity index (χ1v) is 10.4. The highest BCUT2D eigenvalue weighted by atomic mass is 35.5. The topological polar surface area (TPSA) is 95.5 Å². The zero-order valence-electron chi connectivity index (χ0n) is 17.3. The zero-order valence-corrected chi connectivity index (χ0v) is 18.8. The summed E-state index contributed by atoms with van der Waals surface area (Å²) in [5, 5.41) is 14.4. The highest BCUT2D eigenvalue weighted by Gasteiger charge is 2.17. The number of aryl methyl sites for hydroxylation is 2. The molecule has 6 nitrogen and oxygen atoms in total. The highest BCUT2D eigenvalue weighted by Crippen LogP contribution is 2.33. The van der Waals surface area contributed by atoms with Crippen LogP contribution in [0.15, 0.2) is 54.6 Å². The van der Waals surface area contributed by atoms with Crippen LogP contribution in [-0.2, 0) is 16.0 Å². The smallest absolute Gasteiger partial charge is 0.394 e. The molecule has 2 amide bonds. The lowest BCUT2D eigenvalue weighted by Crippen LogP contribution is -2.21. The predicted octanol–water partition coefficient (Wildman–Crippen LogP) is 5.48. The van der Waals surface area contributed by atoms with Gasteiger partial charge in [0, 0.05) is 33.4 Å². The van der Waals surface area contributed by atoms with E-state index in [1.165, 1.54) is 12.1 Å². The molecule has 3 N–H and O–H groups in total. The van der Waals surface area contributed by atoms with Crippen molar-refractivity contribution in [2.45, 2.75) is 20.3 Å². The number of carbonyl (C=O) groups is 3. The molecule has 3 aromatic rings. The van der Waals surface area contributed by atoms with Gasteiger partial charge in [0.15, 0.2) is 0 Å². The molecule has 0 aromatic heterocycles. The van der Waals surface area contributed by atoms with Gasteiger partial charge >= 0.3 is 11.9 Å². The van der Waals surface area contributed by atoms with Crippen molar-refractivity contribution in [3.8, 4) is 0 Å². The molecule has 3 aromatic carbocycles. The van der Waals surface area contributed by atoms with E-state index in [2.05, 4.69) is 10.6 Å². The predicted molar refractivity (Wildman–Crippen MR) is 126 cm³/mol. The van der Waals surface area contributed by atoms with Gasteiger partial charge in [-0.15, -0.1) is 0 Å². The second-order valence-electron chi connectivity index (χ2n) is 7.26. The van der Waals surface area contributed by atoms with Crippen LogP contribution in [0.1, 0.15) is 32.6 Å². The van der Waals surface area contributed by atoms with E-state index in [1.807, 2.05) is 56.3 Å². The Balaban J connectivity index is 1.84. The minimum absolute atomic E-state index is 0.192. The van der Waals surface area contributed by atoms with Gasteiger partial charge in [-0.2, -0.15) is 0 Å². The number of hydrogen-bond donors (Lipinski definition) is 3. The monoisotopic (exact) mass is 470 g/mol. The Kier molecular flexibility index (Phi) is 7.18. The molecule has 0 spiro atoms. The minimum atomic E-state index is -1.61. The average molecular weight is 471 g/mol. The molecular formula is C24H20Cl2N2O4. The molecule has 0 aliphatic heterocycles. The lowest BCUT2D eigenvalue weighted by molar-refractivity contribution is -0.147. The Morgan fingerprint density at radius 1 is 0.812 bits per heavy atom. The first kappa shape index (κ1) is 23.3. The van der Waals surface area contributed by atoms with E-state index in [0.717, 1.165) is 16.7 Å². The first-order chi connectivity index (χ1) is 15.2. The number of aliphatic carboxylic acids is 1. The maximum absolute atomic E-state index is 12.6. The molecule has 32 heavy (non-hydrogen) atoms. The molecule has 0 atom stereocenters. The third-order valence-electron chi connectivity index (χ3n) is 4.94.